The zero-order chi connectivity index (χ0) is 13.8. The van der Waals surface area contributed by atoms with Gasteiger partial charge in [-0.2, -0.15) is 0 Å². The van der Waals surface area contributed by atoms with Crippen LogP contribution in [0.2, 0.25) is 5.02 Å². The molecule has 1 aliphatic heterocycles. The summed E-state index contributed by atoms with van der Waals surface area (Å²) in [4.78, 5) is 0. The normalized spacial score (nSPS) is 20.9. The lowest BCUT2D eigenvalue weighted by Crippen LogP contribution is -2.32. The summed E-state index contributed by atoms with van der Waals surface area (Å²) in [6.45, 7) is 0.768. The van der Waals surface area contributed by atoms with Crippen LogP contribution in [-0.4, -0.2) is 26.9 Å². The molecule has 1 aromatic rings. The van der Waals surface area contributed by atoms with Crippen molar-refractivity contribution < 1.29 is 14.2 Å². The minimum Gasteiger partial charge on any atom is -0.495 e. The van der Waals surface area contributed by atoms with Crippen molar-refractivity contribution >= 4 is 11.6 Å². The van der Waals surface area contributed by atoms with E-state index in [9.17, 15) is 0 Å². The predicted molar refractivity (Wildman–Crippen MR) is 75.1 cm³/mol. The molecule has 1 aliphatic rings. The molecule has 1 saturated heterocycles. The minimum absolute atomic E-state index is 0.0205. The lowest BCUT2D eigenvalue weighted by molar-refractivity contribution is -0.000392. The van der Waals surface area contributed by atoms with Crippen molar-refractivity contribution in [3.63, 3.8) is 0 Å². The van der Waals surface area contributed by atoms with Crippen LogP contribution in [0.1, 0.15) is 30.9 Å². The highest BCUT2D eigenvalue weighted by Crippen LogP contribution is 2.40. The number of benzene rings is 1. The van der Waals surface area contributed by atoms with Crippen molar-refractivity contribution in [2.24, 2.45) is 5.73 Å². The molecule has 2 N–H and O–H groups in total. The Hall–Kier alpha value is -0.970. The third kappa shape index (κ3) is 2.96. The molecule has 0 saturated carbocycles. The van der Waals surface area contributed by atoms with Crippen molar-refractivity contribution in [3.05, 3.63) is 22.7 Å². The van der Waals surface area contributed by atoms with E-state index in [-0.39, 0.29) is 12.1 Å². The summed E-state index contributed by atoms with van der Waals surface area (Å²) in [7, 11) is 3.16. The summed E-state index contributed by atoms with van der Waals surface area (Å²) < 4.78 is 16.3. The first kappa shape index (κ1) is 14.4. The second-order valence-electron chi connectivity index (χ2n) is 4.64. The van der Waals surface area contributed by atoms with Gasteiger partial charge in [0, 0.05) is 12.2 Å². The van der Waals surface area contributed by atoms with E-state index in [0.29, 0.717) is 16.5 Å². The number of hydrogen-bond acceptors (Lipinski definition) is 4. The first-order chi connectivity index (χ1) is 9.19. The molecule has 4 nitrogen and oxygen atoms in total. The molecular formula is C14H20ClNO3. The van der Waals surface area contributed by atoms with Crippen molar-refractivity contribution in [3.8, 4) is 11.5 Å². The summed E-state index contributed by atoms with van der Waals surface area (Å²) in [6.07, 6.45) is 3.23. The number of halogens is 1. The molecule has 5 heteroatoms. The molecule has 2 atom stereocenters. The van der Waals surface area contributed by atoms with E-state index in [1.807, 2.05) is 12.1 Å². The van der Waals surface area contributed by atoms with E-state index in [1.54, 1.807) is 14.2 Å². The van der Waals surface area contributed by atoms with Crippen molar-refractivity contribution in [1.82, 2.24) is 0 Å². The zero-order valence-electron chi connectivity index (χ0n) is 11.3. The Morgan fingerprint density at radius 3 is 2.68 bits per heavy atom. The Labute approximate surface area is 118 Å². The van der Waals surface area contributed by atoms with Crippen LogP contribution in [0.3, 0.4) is 0 Å². The van der Waals surface area contributed by atoms with Gasteiger partial charge in [-0.1, -0.05) is 11.6 Å². The quantitative estimate of drug-likeness (QED) is 0.924. The van der Waals surface area contributed by atoms with Crippen LogP contribution in [0, 0.1) is 0 Å². The van der Waals surface area contributed by atoms with Crippen molar-refractivity contribution in [1.29, 1.82) is 0 Å². The van der Waals surface area contributed by atoms with Gasteiger partial charge in [-0.15, -0.1) is 0 Å². The Morgan fingerprint density at radius 1 is 1.32 bits per heavy atom. The van der Waals surface area contributed by atoms with E-state index in [4.69, 9.17) is 31.5 Å². The number of rotatable bonds is 4. The Bertz CT molecular complexity index is 433. The van der Waals surface area contributed by atoms with Gasteiger partial charge in [-0.05, 0) is 31.4 Å². The fourth-order valence-electron chi connectivity index (χ4n) is 2.43. The highest BCUT2D eigenvalue weighted by molar-refractivity contribution is 6.33. The van der Waals surface area contributed by atoms with Crippen LogP contribution in [0.25, 0.3) is 0 Å². The first-order valence-corrected chi connectivity index (χ1v) is 6.84. The summed E-state index contributed by atoms with van der Waals surface area (Å²) >= 11 is 6.25. The third-order valence-electron chi connectivity index (χ3n) is 3.49. The summed E-state index contributed by atoms with van der Waals surface area (Å²) in [5.41, 5.74) is 7.16. The molecule has 1 aromatic carbocycles. The van der Waals surface area contributed by atoms with Crippen LogP contribution >= 0.6 is 11.6 Å². The first-order valence-electron chi connectivity index (χ1n) is 6.46. The number of methoxy groups -OCH3 is 2. The fraction of sp³-hybridized carbons (Fsp3) is 0.571. The van der Waals surface area contributed by atoms with Crippen LogP contribution in [0.15, 0.2) is 12.1 Å². The molecule has 2 unspecified atom stereocenters. The molecule has 0 aromatic heterocycles. The van der Waals surface area contributed by atoms with E-state index >= 15 is 0 Å². The number of ether oxygens (including phenoxy) is 3. The monoisotopic (exact) mass is 285 g/mol. The topological polar surface area (TPSA) is 53.7 Å². The maximum Gasteiger partial charge on any atom is 0.146 e. The minimum atomic E-state index is -0.237. The van der Waals surface area contributed by atoms with Crippen molar-refractivity contribution in [2.45, 2.75) is 31.4 Å². The van der Waals surface area contributed by atoms with Gasteiger partial charge in [-0.25, -0.2) is 0 Å². The lowest BCUT2D eigenvalue weighted by Gasteiger charge is -2.29. The molecule has 2 rings (SSSR count). The predicted octanol–water partition coefficient (Wildman–Crippen LogP) is 2.93. The van der Waals surface area contributed by atoms with E-state index in [1.165, 1.54) is 0 Å². The standard InChI is InChI=1S/C14H20ClNO3/c1-17-10-7-6-9(14(18-2)12(10)15)13(16)11-5-3-4-8-19-11/h6-7,11,13H,3-5,8,16H2,1-2H3. The molecular weight excluding hydrogens is 266 g/mol. The molecule has 106 valence electrons. The molecule has 1 heterocycles. The Balaban J connectivity index is 2.30. The SMILES string of the molecule is COc1ccc(C(N)C2CCCCO2)c(OC)c1Cl. The van der Waals surface area contributed by atoms with E-state index in [0.717, 1.165) is 31.4 Å². The van der Waals surface area contributed by atoms with Gasteiger partial charge in [0.1, 0.15) is 16.5 Å². The van der Waals surface area contributed by atoms with Gasteiger partial charge in [0.25, 0.3) is 0 Å². The maximum absolute atomic E-state index is 6.30. The Morgan fingerprint density at radius 2 is 2.11 bits per heavy atom. The van der Waals surface area contributed by atoms with Gasteiger partial charge >= 0.3 is 0 Å². The van der Waals surface area contributed by atoms with Gasteiger partial charge in [-0.3, -0.25) is 0 Å². The molecule has 19 heavy (non-hydrogen) atoms. The largest absolute Gasteiger partial charge is 0.495 e. The second-order valence-corrected chi connectivity index (χ2v) is 5.01. The van der Waals surface area contributed by atoms with Gasteiger partial charge in [0.05, 0.1) is 26.4 Å². The summed E-state index contributed by atoms with van der Waals surface area (Å²) in [5.74, 6) is 1.15. The van der Waals surface area contributed by atoms with Crippen LogP contribution in [0.4, 0.5) is 0 Å². The smallest absolute Gasteiger partial charge is 0.146 e. The fourth-order valence-corrected chi connectivity index (χ4v) is 2.76. The molecule has 0 spiro atoms. The molecule has 0 radical (unpaired) electrons. The third-order valence-corrected chi connectivity index (χ3v) is 3.85. The van der Waals surface area contributed by atoms with Gasteiger partial charge < -0.3 is 19.9 Å². The average molecular weight is 286 g/mol. The zero-order valence-corrected chi connectivity index (χ0v) is 12.1. The Kier molecular flexibility index (Phi) is 4.91. The van der Waals surface area contributed by atoms with Crippen LogP contribution in [-0.2, 0) is 4.74 Å². The highest BCUT2D eigenvalue weighted by Gasteiger charge is 2.27. The molecule has 1 fully saturated rings. The van der Waals surface area contributed by atoms with Crippen LogP contribution in [0.5, 0.6) is 11.5 Å². The molecule has 0 bridgehead atoms. The summed E-state index contributed by atoms with van der Waals surface area (Å²) in [6, 6.07) is 3.47. The second kappa shape index (κ2) is 6.46. The highest BCUT2D eigenvalue weighted by atomic mass is 35.5. The van der Waals surface area contributed by atoms with Gasteiger partial charge in [0.2, 0.25) is 0 Å². The van der Waals surface area contributed by atoms with E-state index in [2.05, 4.69) is 0 Å². The molecule has 0 amide bonds. The molecule has 0 aliphatic carbocycles. The number of nitrogens with two attached hydrogens (primary N) is 1. The van der Waals surface area contributed by atoms with Crippen molar-refractivity contribution in [2.75, 3.05) is 20.8 Å². The average Bonchev–Trinajstić information content (AvgIpc) is 2.47. The maximum atomic E-state index is 6.30. The lowest BCUT2D eigenvalue weighted by atomic mass is 9.95. The summed E-state index contributed by atoms with van der Waals surface area (Å²) in [5, 5.41) is 0.453. The van der Waals surface area contributed by atoms with Gasteiger partial charge in [0.15, 0.2) is 0 Å². The van der Waals surface area contributed by atoms with E-state index < -0.39 is 0 Å². The number of hydrogen-bond donors (Lipinski definition) is 1. The van der Waals surface area contributed by atoms with Crippen LogP contribution < -0.4 is 15.2 Å².